The van der Waals surface area contributed by atoms with Crippen LogP contribution in [0.2, 0.25) is 0 Å². The van der Waals surface area contributed by atoms with Gasteiger partial charge in [0.25, 0.3) is 0 Å². The van der Waals surface area contributed by atoms with E-state index in [-0.39, 0.29) is 18.5 Å². The van der Waals surface area contributed by atoms with Crippen LogP contribution in [0, 0.1) is 11.3 Å². The number of rotatable bonds is 4. The van der Waals surface area contributed by atoms with E-state index in [0.29, 0.717) is 36.1 Å². The maximum Gasteiger partial charge on any atom is 0.241 e. The molecule has 7 nitrogen and oxygen atoms in total. The van der Waals surface area contributed by atoms with E-state index in [0.717, 1.165) is 18.7 Å². The first-order chi connectivity index (χ1) is 13.2. The van der Waals surface area contributed by atoms with Gasteiger partial charge in [-0.1, -0.05) is 30.1 Å². The number of nitriles is 1. The summed E-state index contributed by atoms with van der Waals surface area (Å²) in [5.74, 6) is 1.76. The third kappa shape index (κ3) is 3.58. The molecule has 1 saturated carbocycles. The molecule has 4 rings (SSSR count). The molecule has 1 aromatic heterocycles. The normalized spacial score (nSPS) is 21.6. The van der Waals surface area contributed by atoms with Crippen molar-refractivity contribution in [2.45, 2.75) is 51.1 Å². The quantitative estimate of drug-likeness (QED) is 0.828. The van der Waals surface area contributed by atoms with E-state index in [1.54, 1.807) is 11.0 Å². The fourth-order valence-corrected chi connectivity index (χ4v) is 4.00. The zero-order chi connectivity index (χ0) is 18.8. The molecule has 1 aliphatic carbocycles. The number of anilines is 1. The lowest BCUT2D eigenvalue weighted by atomic mass is 10.1. The highest BCUT2D eigenvalue weighted by Gasteiger charge is 2.32. The van der Waals surface area contributed by atoms with Gasteiger partial charge in [-0.15, -0.1) is 0 Å². The molecule has 140 valence electrons. The number of benzene rings is 1. The fraction of sp³-hybridized carbons (Fsp3) is 0.500. The zero-order valence-corrected chi connectivity index (χ0v) is 15.5. The Morgan fingerprint density at radius 2 is 2.07 bits per heavy atom. The van der Waals surface area contributed by atoms with Crippen molar-refractivity contribution >= 4 is 11.6 Å². The molecule has 2 aromatic rings. The average Bonchev–Trinajstić information content (AvgIpc) is 3.36. The van der Waals surface area contributed by atoms with Crippen LogP contribution in [0.1, 0.15) is 55.8 Å². The topological polar surface area (TPSA) is 86.3 Å². The first kappa shape index (κ1) is 17.7. The maximum absolute atomic E-state index is 12.7. The minimum Gasteiger partial charge on any atom is -0.339 e. The summed E-state index contributed by atoms with van der Waals surface area (Å²) in [6, 6.07) is 9.52. The van der Waals surface area contributed by atoms with Gasteiger partial charge in [-0.2, -0.15) is 10.2 Å². The SMILES string of the molecule is C[C@H]1CN(c2ccccc2C#N)C(=O)CN1Cc1noc(C2CCCC2)n1. The van der Waals surface area contributed by atoms with E-state index in [1.807, 2.05) is 18.2 Å². The van der Waals surface area contributed by atoms with Crippen molar-refractivity contribution in [3.63, 3.8) is 0 Å². The lowest BCUT2D eigenvalue weighted by molar-refractivity contribution is -0.122. The summed E-state index contributed by atoms with van der Waals surface area (Å²) in [6.45, 7) is 3.38. The van der Waals surface area contributed by atoms with Gasteiger partial charge < -0.3 is 9.42 Å². The summed E-state index contributed by atoms with van der Waals surface area (Å²) >= 11 is 0. The van der Waals surface area contributed by atoms with Crippen molar-refractivity contribution in [2.24, 2.45) is 0 Å². The van der Waals surface area contributed by atoms with Crippen molar-refractivity contribution < 1.29 is 9.32 Å². The van der Waals surface area contributed by atoms with Crippen LogP contribution in [0.25, 0.3) is 0 Å². The predicted octanol–water partition coefficient (Wildman–Crippen LogP) is 2.84. The Hall–Kier alpha value is -2.72. The highest BCUT2D eigenvalue weighted by atomic mass is 16.5. The maximum atomic E-state index is 12.7. The number of para-hydroxylation sites is 1. The fourth-order valence-electron chi connectivity index (χ4n) is 4.00. The summed E-state index contributed by atoms with van der Waals surface area (Å²) in [7, 11) is 0. The third-order valence-corrected chi connectivity index (χ3v) is 5.56. The van der Waals surface area contributed by atoms with Gasteiger partial charge in [0, 0.05) is 18.5 Å². The third-order valence-electron chi connectivity index (χ3n) is 5.56. The first-order valence-electron chi connectivity index (χ1n) is 9.51. The van der Waals surface area contributed by atoms with Crippen LogP contribution in [0.5, 0.6) is 0 Å². The molecule has 1 aromatic carbocycles. The molecule has 0 N–H and O–H groups in total. The number of hydrogen-bond donors (Lipinski definition) is 0. The van der Waals surface area contributed by atoms with Gasteiger partial charge in [-0.3, -0.25) is 9.69 Å². The van der Waals surface area contributed by atoms with Crippen molar-refractivity contribution in [3.05, 3.63) is 41.5 Å². The number of amides is 1. The summed E-state index contributed by atoms with van der Waals surface area (Å²) < 4.78 is 5.45. The average molecular weight is 365 g/mol. The van der Waals surface area contributed by atoms with Gasteiger partial charge in [0.1, 0.15) is 6.07 Å². The van der Waals surface area contributed by atoms with Crippen molar-refractivity contribution in [1.82, 2.24) is 15.0 Å². The molecular weight excluding hydrogens is 342 g/mol. The van der Waals surface area contributed by atoms with Crippen LogP contribution in [0.4, 0.5) is 5.69 Å². The Labute approximate surface area is 158 Å². The number of aromatic nitrogens is 2. The number of hydrogen-bond acceptors (Lipinski definition) is 6. The Bertz CT molecular complexity index is 865. The minimum absolute atomic E-state index is 0.0182. The molecular formula is C20H23N5O2. The lowest BCUT2D eigenvalue weighted by Crippen LogP contribution is -2.55. The van der Waals surface area contributed by atoms with E-state index >= 15 is 0 Å². The Morgan fingerprint density at radius 3 is 2.85 bits per heavy atom. The van der Waals surface area contributed by atoms with Gasteiger partial charge in [0.05, 0.1) is 24.3 Å². The smallest absolute Gasteiger partial charge is 0.241 e. The molecule has 1 aliphatic heterocycles. The minimum atomic E-state index is -0.0182. The second kappa shape index (κ2) is 7.49. The van der Waals surface area contributed by atoms with Gasteiger partial charge in [-0.25, -0.2) is 0 Å². The molecule has 27 heavy (non-hydrogen) atoms. The molecule has 2 fully saturated rings. The molecule has 1 atom stereocenters. The summed E-state index contributed by atoms with van der Waals surface area (Å²) in [4.78, 5) is 21.1. The van der Waals surface area contributed by atoms with Crippen LogP contribution < -0.4 is 4.90 Å². The summed E-state index contributed by atoms with van der Waals surface area (Å²) in [6.07, 6.45) is 4.68. The largest absolute Gasteiger partial charge is 0.339 e. The Morgan fingerprint density at radius 1 is 1.30 bits per heavy atom. The van der Waals surface area contributed by atoms with Crippen molar-refractivity contribution in [3.8, 4) is 6.07 Å². The number of carbonyl (C=O) groups excluding carboxylic acids is 1. The van der Waals surface area contributed by atoms with E-state index in [9.17, 15) is 10.1 Å². The highest BCUT2D eigenvalue weighted by molar-refractivity contribution is 5.96. The van der Waals surface area contributed by atoms with Crippen LogP contribution >= 0.6 is 0 Å². The molecule has 0 radical (unpaired) electrons. The number of carbonyl (C=O) groups is 1. The summed E-state index contributed by atoms with van der Waals surface area (Å²) in [5, 5.41) is 13.4. The molecule has 1 saturated heterocycles. The summed E-state index contributed by atoms with van der Waals surface area (Å²) in [5.41, 5.74) is 1.20. The standard InChI is InChI=1S/C20H23N5O2/c1-14-11-25(17-9-5-4-8-16(17)10-21)19(26)13-24(14)12-18-22-20(27-23-18)15-6-2-3-7-15/h4-5,8-9,14-15H,2-3,6-7,11-13H2,1H3/t14-/m0/s1. The molecule has 7 heteroatoms. The lowest BCUT2D eigenvalue weighted by Gasteiger charge is -2.39. The van der Waals surface area contributed by atoms with Gasteiger partial charge in [0.2, 0.25) is 11.8 Å². The van der Waals surface area contributed by atoms with Gasteiger partial charge in [0.15, 0.2) is 5.82 Å². The van der Waals surface area contributed by atoms with E-state index in [4.69, 9.17) is 4.52 Å². The van der Waals surface area contributed by atoms with Crippen LogP contribution in [0.3, 0.4) is 0 Å². The molecule has 0 bridgehead atoms. The van der Waals surface area contributed by atoms with E-state index < -0.39 is 0 Å². The molecule has 0 spiro atoms. The second-order valence-corrected chi connectivity index (χ2v) is 7.42. The van der Waals surface area contributed by atoms with E-state index in [2.05, 4.69) is 28.0 Å². The monoisotopic (exact) mass is 365 g/mol. The molecule has 0 unspecified atom stereocenters. The van der Waals surface area contributed by atoms with Crippen LogP contribution in [0.15, 0.2) is 28.8 Å². The van der Waals surface area contributed by atoms with Gasteiger partial charge in [-0.05, 0) is 31.9 Å². The Kier molecular flexibility index (Phi) is 4.90. The second-order valence-electron chi connectivity index (χ2n) is 7.42. The van der Waals surface area contributed by atoms with E-state index in [1.165, 1.54) is 12.8 Å². The highest BCUT2D eigenvalue weighted by Crippen LogP contribution is 2.33. The molecule has 1 amide bonds. The Balaban J connectivity index is 1.45. The van der Waals surface area contributed by atoms with Crippen molar-refractivity contribution in [2.75, 3.05) is 18.0 Å². The zero-order valence-electron chi connectivity index (χ0n) is 15.5. The first-order valence-corrected chi connectivity index (χ1v) is 9.51. The van der Waals surface area contributed by atoms with Crippen molar-refractivity contribution in [1.29, 1.82) is 5.26 Å². The van der Waals surface area contributed by atoms with Crippen LogP contribution in [-0.4, -0.2) is 40.1 Å². The predicted molar refractivity (Wildman–Crippen MR) is 98.9 cm³/mol. The van der Waals surface area contributed by atoms with Gasteiger partial charge >= 0.3 is 0 Å². The van der Waals surface area contributed by atoms with Crippen LogP contribution in [-0.2, 0) is 11.3 Å². The molecule has 2 aliphatic rings. The number of piperazine rings is 1. The molecule has 2 heterocycles. The number of nitrogens with zero attached hydrogens (tertiary/aromatic N) is 5.